The summed E-state index contributed by atoms with van der Waals surface area (Å²) in [6.45, 7) is 0. The maximum atomic E-state index is 4.80. The Bertz CT molecular complexity index is 32.8. The maximum Gasteiger partial charge on any atom is -0.412 e. The molecule has 0 aliphatic rings. The van der Waals surface area contributed by atoms with Gasteiger partial charge >= 0.3 is 51.6 Å². The molecule has 0 amide bonds. The van der Waals surface area contributed by atoms with E-state index in [0.29, 0.717) is 0 Å². The first kappa shape index (κ1) is 11.4. The summed E-state index contributed by atoms with van der Waals surface area (Å²) in [5, 5.41) is 0. The fourth-order valence-corrected chi connectivity index (χ4v) is 1.68. The first-order valence-corrected chi connectivity index (χ1v) is 5.33. The van der Waals surface area contributed by atoms with Crippen molar-refractivity contribution in [3.63, 3.8) is 0 Å². The van der Waals surface area contributed by atoms with Crippen LogP contribution in [0.1, 0.15) is 0 Å². The average molecular weight is 230 g/mol. The second-order valence-electron chi connectivity index (χ2n) is 0.862. The Morgan fingerprint density at radius 2 is 1.12 bits per heavy atom. The van der Waals surface area contributed by atoms with Gasteiger partial charge in [0.15, 0.2) is 0 Å². The molecule has 0 aliphatic heterocycles. The van der Waals surface area contributed by atoms with Crippen molar-refractivity contribution < 1.29 is 14.7 Å². The standard InChI is InChI=1S/3CH3O.H2O.Sn/c3*1-2;;/h3*1H3;1H2;/q3*-1;;+3. The van der Waals surface area contributed by atoms with E-state index in [0.717, 1.165) is 0 Å². The second kappa shape index (κ2) is 7.64. The largest absolute Gasteiger partial charge is 0.412 e. The van der Waals surface area contributed by atoms with Crippen LogP contribution in [-0.4, -0.2) is 47.8 Å². The topological polar surface area (TPSA) is 59.2 Å². The summed E-state index contributed by atoms with van der Waals surface area (Å²) < 4.78 is 14.4. The van der Waals surface area contributed by atoms with Crippen molar-refractivity contribution in [3.8, 4) is 0 Å². The van der Waals surface area contributed by atoms with Crippen LogP contribution in [-0.2, 0) is 9.22 Å². The molecular weight excluding hydrogens is 219 g/mol. The summed E-state index contributed by atoms with van der Waals surface area (Å²) >= 11 is -2.15. The molecule has 0 aromatic heterocycles. The smallest absolute Gasteiger partial charge is 0.412 e. The molecule has 0 bridgehead atoms. The van der Waals surface area contributed by atoms with Gasteiger partial charge in [0.1, 0.15) is 0 Å². The molecule has 0 atom stereocenters. The molecule has 0 saturated heterocycles. The molecule has 0 rings (SSSR count). The molecule has 1 radical (unpaired) electrons. The van der Waals surface area contributed by atoms with Gasteiger partial charge in [0.05, 0.1) is 0 Å². The second-order valence-corrected chi connectivity index (χ2v) is 5.78. The molecule has 0 aromatic carbocycles. The molecule has 0 saturated carbocycles. The molecule has 51 valence electrons. The fraction of sp³-hybridized carbons (Fsp3) is 1.00. The molecule has 0 aromatic rings. The number of hydrogen-bond acceptors (Lipinski definition) is 3. The van der Waals surface area contributed by atoms with E-state index in [1.807, 2.05) is 0 Å². The van der Waals surface area contributed by atoms with Crippen molar-refractivity contribution >= 4 is 21.0 Å². The predicted octanol–water partition coefficient (Wildman–Crippen LogP) is -0.914. The summed E-state index contributed by atoms with van der Waals surface area (Å²) in [6, 6.07) is 0. The van der Waals surface area contributed by atoms with Crippen LogP contribution in [0.3, 0.4) is 0 Å². The summed E-state index contributed by atoms with van der Waals surface area (Å²) in [6.07, 6.45) is 0. The molecule has 0 spiro atoms. The summed E-state index contributed by atoms with van der Waals surface area (Å²) in [5.41, 5.74) is 0. The van der Waals surface area contributed by atoms with E-state index in [-0.39, 0.29) is 5.48 Å². The van der Waals surface area contributed by atoms with Crippen LogP contribution in [0.25, 0.3) is 0 Å². The molecule has 4 nitrogen and oxygen atoms in total. The van der Waals surface area contributed by atoms with E-state index in [2.05, 4.69) is 0 Å². The monoisotopic (exact) mass is 231 g/mol. The van der Waals surface area contributed by atoms with Crippen molar-refractivity contribution in [2.45, 2.75) is 0 Å². The van der Waals surface area contributed by atoms with E-state index < -0.39 is 21.0 Å². The molecule has 0 aliphatic carbocycles. The van der Waals surface area contributed by atoms with Gasteiger partial charge < -0.3 is 5.48 Å². The van der Waals surface area contributed by atoms with E-state index in [9.17, 15) is 0 Å². The zero-order chi connectivity index (χ0) is 5.70. The molecule has 2 N–H and O–H groups in total. The number of hydrogen-bond donors (Lipinski definition) is 0. The van der Waals surface area contributed by atoms with Crippen LogP contribution in [0.2, 0.25) is 0 Å². The zero-order valence-electron chi connectivity index (χ0n) is 5.22. The number of rotatable bonds is 3. The van der Waals surface area contributed by atoms with Crippen LogP contribution >= 0.6 is 0 Å². The molecule has 0 heterocycles. The Kier molecular flexibility index (Phi) is 10.9. The Labute approximate surface area is 57.4 Å². The van der Waals surface area contributed by atoms with E-state index >= 15 is 0 Å². The SMILES string of the molecule is C[O][Sn]([O]C)[O]C.O. The van der Waals surface area contributed by atoms with Crippen molar-refractivity contribution in [1.82, 2.24) is 0 Å². The van der Waals surface area contributed by atoms with Crippen LogP contribution in [0, 0.1) is 0 Å². The van der Waals surface area contributed by atoms with Crippen molar-refractivity contribution in [2.24, 2.45) is 0 Å². The third kappa shape index (κ3) is 4.79. The molecule has 0 unspecified atom stereocenters. The minimum atomic E-state index is -2.15. The van der Waals surface area contributed by atoms with Crippen LogP contribution in [0.4, 0.5) is 0 Å². The molecular formula is C3H11O4Sn. The van der Waals surface area contributed by atoms with E-state index in [1.165, 1.54) is 0 Å². The summed E-state index contributed by atoms with van der Waals surface area (Å²) in [5.74, 6) is 0. The van der Waals surface area contributed by atoms with E-state index in [1.54, 1.807) is 21.3 Å². The molecule has 8 heavy (non-hydrogen) atoms. The fourth-order valence-electron chi connectivity index (χ4n) is 0.250. The summed E-state index contributed by atoms with van der Waals surface area (Å²) in [4.78, 5) is 0. The normalized spacial score (nSPS) is 9.00. The van der Waals surface area contributed by atoms with Gasteiger partial charge in [-0.15, -0.1) is 0 Å². The summed E-state index contributed by atoms with van der Waals surface area (Å²) in [7, 11) is 4.80. The minimum Gasteiger partial charge on any atom is -0.412 e. The van der Waals surface area contributed by atoms with Gasteiger partial charge in [-0.05, 0) is 0 Å². The maximum absolute atomic E-state index is 4.80. The van der Waals surface area contributed by atoms with Gasteiger partial charge in [-0.3, -0.25) is 0 Å². The Morgan fingerprint density at radius 3 is 1.12 bits per heavy atom. The van der Waals surface area contributed by atoms with Crippen LogP contribution < -0.4 is 0 Å². The van der Waals surface area contributed by atoms with E-state index in [4.69, 9.17) is 9.22 Å². The van der Waals surface area contributed by atoms with Gasteiger partial charge in [-0.1, -0.05) is 0 Å². The Morgan fingerprint density at radius 1 is 0.875 bits per heavy atom. The quantitative estimate of drug-likeness (QED) is 0.589. The van der Waals surface area contributed by atoms with Crippen LogP contribution in [0.15, 0.2) is 0 Å². The van der Waals surface area contributed by atoms with Crippen molar-refractivity contribution in [1.29, 1.82) is 0 Å². The van der Waals surface area contributed by atoms with Crippen LogP contribution in [0.5, 0.6) is 0 Å². The third-order valence-electron chi connectivity index (χ3n) is 0.500. The Hall–Kier alpha value is 0.639. The predicted molar refractivity (Wildman–Crippen MR) is 30.4 cm³/mol. The van der Waals surface area contributed by atoms with Gasteiger partial charge in [-0.25, -0.2) is 0 Å². The minimum absolute atomic E-state index is 0. The average Bonchev–Trinajstić information content (AvgIpc) is 1.72. The zero-order valence-corrected chi connectivity index (χ0v) is 8.08. The van der Waals surface area contributed by atoms with Crippen molar-refractivity contribution in [2.75, 3.05) is 21.3 Å². The van der Waals surface area contributed by atoms with Gasteiger partial charge in [0.2, 0.25) is 0 Å². The first-order valence-electron chi connectivity index (χ1n) is 1.84. The van der Waals surface area contributed by atoms with Gasteiger partial charge in [-0.2, -0.15) is 0 Å². The molecule has 5 heteroatoms. The first-order chi connectivity index (χ1) is 3.35. The van der Waals surface area contributed by atoms with Crippen molar-refractivity contribution in [3.05, 3.63) is 0 Å². The third-order valence-corrected chi connectivity index (χ3v) is 3.35. The molecule has 0 fully saturated rings. The Balaban J connectivity index is 0. The van der Waals surface area contributed by atoms with Gasteiger partial charge in [0.25, 0.3) is 0 Å². The van der Waals surface area contributed by atoms with Gasteiger partial charge in [0, 0.05) is 0 Å².